The van der Waals surface area contributed by atoms with Gasteiger partial charge in [-0.3, -0.25) is 0 Å². The van der Waals surface area contributed by atoms with E-state index in [2.05, 4.69) is 41.2 Å². The highest BCUT2D eigenvalue weighted by Gasteiger charge is 2.45. The molecule has 5 atom stereocenters. The van der Waals surface area contributed by atoms with Crippen molar-refractivity contribution in [1.82, 2.24) is 25.3 Å². The molecule has 374 valence electrons. The Bertz CT molecular complexity index is 2670. The molecule has 5 heterocycles. The topological polar surface area (TPSA) is 177 Å². The minimum Gasteiger partial charge on any atom is -0.441 e. The monoisotopic (exact) mass is 1090 g/mol. The Balaban J connectivity index is 0.000000167. The lowest BCUT2D eigenvalue weighted by molar-refractivity contribution is -0.174. The average Bonchev–Trinajstić information content (AvgIpc) is 3.91. The summed E-state index contributed by atoms with van der Waals surface area (Å²) in [5.41, 5.74) is -1.19. The van der Waals surface area contributed by atoms with Gasteiger partial charge in [0.05, 0.1) is 55.2 Å². The number of anilines is 1. The van der Waals surface area contributed by atoms with Crippen molar-refractivity contribution < 1.29 is 69.5 Å². The number of hydrogen-bond acceptors (Lipinski definition) is 13. The lowest BCUT2D eigenvalue weighted by Crippen LogP contribution is -2.31. The van der Waals surface area contributed by atoms with Gasteiger partial charge in [0, 0.05) is 16.7 Å². The summed E-state index contributed by atoms with van der Waals surface area (Å²) >= 11 is 14.8. The van der Waals surface area contributed by atoms with E-state index in [0.29, 0.717) is 44.2 Å². The summed E-state index contributed by atoms with van der Waals surface area (Å²) in [7, 11) is 0. The standard InChI is InChI=1S/C21H15ClF3N3O4.C16H18F3NO4.C10H6BrClN2O/c22-14-4-6-15(7-5-14)31-18-10-26-17(9-27-18)28-19(16(11-29)32-20(28)30)12-2-1-3-13(8-12)21(23,24)25;17-16(18,19)11-5-3-4-10(8-11)14-12(24-15(21)20-14)9-23-13-6-1-2-7-22-13;11-9-5-14-10(6-13-9)15-8-3-1-7(12)2-4-8/h1-10,16,19,29H,11H2;3-5,8,12-14H,1-2,6-7,9H2,(H,20,21);1-6H/t16-,19-;12-,13?,14-;/m00./s1. The van der Waals surface area contributed by atoms with Gasteiger partial charge in [0.1, 0.15) is 22.1 Å². The van der Waals surface area contributed by atoms with E-state index >= 15 is 0 Å². The number of hydrogen-bond donors (Lipinski definition) is 2. The van der Waals surface area contributed by atoms with Crippen molar-refractivity contribution in [2.75, 3.05) is 24.7 Å². The van der Waals surface area contributed by atoms with Gasteiger partial charge in [-0.05, 0) is 119 Å². The summed E-state index contributed by atoms with van der Waals surface area (Å²) in [4.78, 5) is 41.3. The largest absolute Gasteiger partial charge is 0.441 e. The zero-order chi connectivity index (χ0) is 50.7. The maximum Gasteiger partial charge on any atom is 0.416 e. The van der Waals surface area contributed by atoms with Gasteiger partial charge in [-0.25, -0.2) is 34.4 Å². The summed E-state index contributed by atoms with van der Waals surface area (Å²) in [6.07, 6.45) is -4.38. The number of nitrogens with one attached hydrogen (secondary N) is 1. The second kappa shape index (κ2) is 23.7. The van der Waals surface area contributed by atoms with Gasteiger partial charge in [0.25, 0.3) is 0 Å². The third-order valence-electron chi connectivity index (χ3n) is 10.4. The van der Waals surface area contributed by atoms with E-state index in [1.165, 1.54) is 36.7 Å². The predicted octanol–water partition coefficient (Wildman–Crippen LogP) is 12.1. The molecule has 6 aromatic rings. The second-order valence-corrected chi connectivity index (χ2v) is 17.0. The Morgan fingerprint density at radius 2 is 1.30 bits per heavy atom. The molecule has 71 heavy (non-hydrogen) atoms. The van der Waals surface area contributed by atoms with Gasteiger partial charge < -0.3 is 38.8 Å². The molecule has 3 saturated heterocycles. The number of halogens is 9. The summed E-state index contributed by atoms with van der Waals surface area (Å²) in [5.74, 6) is 1.73. The lowest BCUT2D eigenvalue weighted by Gasteiger charge is -2.25. The first-order chi connectivity index (χ1) is 33.9. The molecule has 2 amide bonds. The van der Waals surface area contributed by atoms with Crippen LogP contribution in [0.3, 0.4) is 0 Å². The number of aliphatic hydroxyl groups excluding tert-OH is 1. The van der Waals surface area contributed by atoms with Crippen molar-refractivity contribution in [3.05, 3.63) is 159 Å². The van der Waals surface area contributed by atoms with Crippen LogP contribution in [0.5, 0.6) is 23.3 Å². The predicted molar refractivity (Wildman–Crippen MR) is 246 cm³/mol. The quantitative estimate of drug-likeness (QED) is 0.117. The van der Waals surface area contributed by atoms with Crippen molar-refractivity contribution in [2.45, 2.75) is 62.2 Å². The molecule has 0 spiro atoms. The van der Waals surface area contributed by atoms with Gasteiger partial charge in [0.2, 0.25) is 11.8 Å². The fourth-order valence-electron chi connectivity index (χ4n) is 7.09. The van der Waals surface area contributed by atoms with Crippen LogP contribution in [0.2, 0.25) is 10.0 Å². The molecule has 2 N–H and O–H groups in total. The van der Waals surface area contributed by atoms with Crippen LogP contribution in [0, 0.1) is 0 Å². The summed E-state index contributed by atoms with van der Waals surface area (Å²) in [6, 6.07) is 21.2. The Morgan fingerprint density at radius 1 is 0.718 bits per heavy atom. The Morgan fingerprint density at radius 3 is 1.82 bits per heavy atom. The van der Waals surface area contributed by atoms with Crippen molar-refractivity contribution in [2.24, 2.45) is 0 Å². The number of rotatable bonds is 11. The van der Waals surface area contributed by atoms with E-state index in [1.807, 2.05) is 0 Å². The van der Waals surface area contributed by atoms with Crippen molar-refractivity contribution in [3.8, 4) is 23.3 Å². The molecule has 3 aliphatic rings. The SMILES string of the molecule is Clc1ccc(Oc2cnc(Br)cn2)cc1.O=C1N[C@@H](c2cccc(C(F)(F)F)c2)[C@H](COC2CCCCO2)O1.O=C1O[C@@H](CO)[C@H](c2cccc(C(F)(F)F)c2)N1c1cnc(Oc2ccc(Cl)cc2)cn1. The third kappa shape index (κ3) is 14.6. The van der Waals surface area contributed by atoms with E-state index in [0.717, 1.165) is 48.4 Å². The van der Waals surface area contributed by atoms with Crippen LogP contribution in [0.4, 0.5) is 41.7 Å². The van der Waals surface area contributed by atoms with Crippen LogP contribution in [0.1, 0.15) is 53.6 Å². The molecule has 24 heteroatoms. The number of benzene rings is 4. The highest BCUT2D eigenvalue weighted by molar-refractivity contribution is 9.10. The number of cyclic esters (lactones) is 2. The smallest absolute Gasteiger partial charge is 0.416 e. The van der Waals surface area contributed by atoms with Crippen molar-refractivity contribution in [1.29, 1.82) is 0 Å². The number of carbonyl (C=O) groups excluding carboxylic acids is 2. The van der Waals surface area contributed by atoms with Crippen molar-refractivity contribution in [3.63, 3.8) is 0 Å². The minimum atomic E-state index is -4.57. The zero-order valence-corrected chi connectivity index (χ0v) is 39.6. The van der Waals surface area contributed by atoms with Crippen LogP contribution in [-0.2, 0) is 31.3 Å². The lowest BCUT2D eigenvalue weighted by atomic mass is 9.99. The third-order valence-corrected chi connectivity index (χ3v) is 11.3. The van der Waals surface area contributed by atoms with Crippen LogP contribution in [0.15, 0.2) is 126 Å². The number of nitrogens with zero attached hydrogens (tertiary/aromatic N) is 5. The van der Waals surface area contributed by atoms with E-state index in [4.69, 9.17) is 51.6 Å². The maximum absolute atomic E-state index is 13.2. The van der Waals surface area contributed by atoms with E-state index in [1.54, 1.807) is 60.9 Å². The second-order valence-electron chi connectivity index (χ2n) is 15.4. The van der Waals surface area contributed by atoms with Gasteiger partial charge in [-0.15, -0.1) is 0 Å². The molecule has 9 rings (SSSR count). The van der Waals surface area contributed by atoms with Crippen LogP contribution >= 0.6 is 39.1 Å². The van der Waals surface area contributed by atoms with E-state index < -0.39 is 66.6 Å². The van der Waals surface area contributed by atoms with Gasteiger partial charge >= 0.3 is 24.5 Å². The highest BCUT2D eigenvalue weighted by atomic mass is 79.9. The maximum atomic E-state index is 13.2. The van der Waals surface area contributed by atoms with Crippen LogP contribution in [0.25, 0.3) is 0 Å². The molecule has 1 unspecified atom stereocenters. The van der Waals surface area contributed by atoms with Gasteiger partial charge in [-0.1, -0.05) is 47.5 Å². The van der Waals surface area contributed by atoms with E-state index in [9.17, 15) is 41.0 Å². The Hall–Kier alpha value is -6.30. The molecular weight excluding hydrogens is 1060 g/mol. The molecule has 4 aromatic carbocycles. The normalized spacial score (nSPS) is 19.8. The molecular formula is C47H39BrCl2F6N6O9. The fourth-order valence-corrected chi connectivity index (χ4v) is 7.55. The molecule has 0 saturated carbocycles. The number of ether oxygens (including phenoxy) is 6. The van der Waals surface area contributed by atoms with Crippen LogP contribution in [-0.4, -0.2) is 75.5 Å². The van der Waals surface area contributed by atoms with E-state index in [-0.39, 0.29) is 30.2 Å². The molecule has 0 radical (unpaired) electrons. The molecule has 2 aromatic heterocycles. The first-order valence-electron chi connectivity index (χ1n) is 21.3. The highest BCUT2D eigenvalue weighted by Crippen LogP contribution is 2.39. The Labute approximate surface area is 419 Å². The number of aliphatic hydroxyl groups is 1. The number of alkyl carbamates (subject to hydrolysis) is 1. The number of carbonyl (C=O) groups is 2. The summed E-state index contributed by atoms with van der Waals surface area (Å²) in [6.45, 7) is 0.0864. The number of alkyl halides is 6. The summed E-state index contributed by atoms with van der Waals surface area (Å²) in [5, 5.41) is 13.4. The zero-order valence-electron chi connectivity index (χ0n) is 36.5. The molecule has 15 nitrogen and oxygen atoms in total. The van der Waals surface area contributed by atoms with Gasteiger partial charge in [0.15, 0.2) is 24.3 Å². The average molecular weight is 1100 g/mol. The van der Waals surface area contributed by atoms with Gasteiger partial charge in [-0.2, -0.15) is 26.3 Å². The number of aromatic nitrogens is 4. The first kappa shape index (κ1) is 52.5. The Kier molecular flexibility index (Phi) is 17.6. The molecule has 0 bridgehead atoms. The molecule has 3 fully saturated rings. The first-order valence-corrected chi connectivity index (χ1v) is 22.8. The summed E-state index contributed by atoms with van der Waals surface area (Å²) < 4.78 is 111. The number of amides is 2. The molecule has 3 aliphatic heterocycles. The van der Waals surface area contributed by atoms with Crippen LogP contribution < -0.4 is 19.7 Å². The van der Waals surface area contributed by atoms with Crippen molar-refractivity contribution >= 4 is 57.1 Å². The minimum absolute atomic E-state index is 0.0248. The molecule has 0 aliphatic carbocycles. The fraction of sp³-hybridized carbons (Fsp3) is 0.277.